The van der Waals surface area contributed by atoms with Crippen LogP contribution in [0.1, 0.15) is 5.56 Å². The van der Waals surface area contributed by atoms with E-state index in [0.717, 1.165) is 16.8 Å². The van der Waals surface area contributed by atoms with Crippen LogP contribution in [0.2, 0.25) is 0 Å². The van der Waals surface area contributed by atoms with Gasteiger partial charge in [0.2, 0.25) is 0 Å². The molecule has 0 aliphatic rings. The first kappa shape index (κ1) is 19.2. The third kappa shape index (κ3) is 4.38. The molecule has 0 spiro atoms. The second-order valence-corrected chi connectivity index (χ2v) is 7.01. The average Bonchev–Trinajstić information content (AvgIpc) is 3.45. The summed E-state index contributed by atoms with van der Waals surface area (Å²) in [6.07, 6.45) is 3.65. The van der Waals surface area contributed by atoms with Gasteiger partial charge in [0.25, 0.3) is 5.95 Å². The largest absolute Gasteiger partial charge is 0.337 e. The molecular weight excluding hydrogens is 406 g/mol. The van der Waals surface area contributed by atoms with Crippen molar-refractivity contribution in [2.75, 3.05) is 10.7 Å². The van der Waals surface area contributed by atoms with Gasteiger partial charge in [-0.3, -0.25) is 5.43 Å². The molecule has 0 aliphatic heterocycles. The van der Waals surface area contributed by atoms with E-state index < -0.39 is 6.03 Å². The molecule has 158 valence electrons. The molecule has 0 fully saturated rings. The van der Waals surface area contributed by atoms with E-state index in [4.69, 9.17) is 0 Å². The second kappa shape index (κ2) is 8.56. The zero-order valence-corrected chi connectivity index (χ0v) is 16.9. The van der Waals surface area contributed by atoms with Crippen LogP contribution in [-0.4, -0.2) is 35.6 Å². The van der Waals surface area contributed by atoms with Crippen molar-refractivity contribution in [3.05, 3.63) is 90.8 Å². The van der Waals surface area contributed by atoms with Crippen molar-refractivity contribution in [1.82, 2.24) is 35.0 Å². The Hall–Kier alpha value is -4.73. The van der Waals surface area contributed by atoms with Crippen LogP contribution < -0.4 is 16.2 Å². The first-order valence-electron chi connectivity index (χ1n) is 9.92. The summed E-state index contributed by atoms with van der Waals surface area (Å²) in [6, 6.07) is 22.5. The lowest BCUT2D eigenvalue weighted by Gasteiger charge is -2.08. The number of amides is 2. The maximum atomic E-state index is 12.3. The highest BCUT2D eigenvalue weighted by Crippen LogP contribution is 2.20. The fraction of sp³-hybridized carbons (Fsp3) is 0.0455. The molecular formula is C22H19N9O. The normalized spacial score (nSPS) is 10.8. The fourth-order valence-electron chi connectivity index (χ4n) is 3.19. The van der Waals surface area contributed by atoms with Crippen LogP contribution in [0.25, 0.3) is 16.9 Å². The highest BCUT2D eigenvalue weighted by Gasteiger charge is 2.08. The number of nitrogens with zero attached hydrogens (tertiary/aromatic N) is 6. The van der Waals surface area contributed by atoms with Gasteiger partial charge in [0.15, 0.2) is 5.65 Å². The van der Waals surface area contributed by atoms with Crippen LogP contribution in [0, 0.1) is 0 Å². The number of pyridine rings is 1. The minimum absolute atomic E-state index is 0.287. The molecule has 0 saturated carbocycles. The summed E-state index contributed by atoms with van der Waals surface area (Å²) in [4.78, 5) is 16.5. The molecule has 5 aromatic rings. The van der Waals surface area contributed by atoms with Gasteiger partial charge in [-0.25, -0.2) is 19.4 Å². The van der Waals surface area contributed by atoms with Gasteiger partial charge in [0.05, 0.1) is 12.7 Å². The molecule has 0 saturated heterocycles. The Kier molecular flexibility index (Phi) is 5.15. The number of hydrogen-bond donors (Lipinski definition) is 3. The topological polar surface area (TPSA) is 114 Å². The summed E-state index contributed by atoms with van der Waals surface area (Å²) in [6.45, 7) is 0.636. The van der Waals surface area contributed by atoms with Gasteiger partial charge in [-0.15, -0.1) is 10.2 Å². The van der Waals surface area contributed by atoms with E-state index in [0.29, 0.717) is 17.9 Å². The summed E-state index contributed by atoms with van der Waals surface area (Å²) in [7, 11) is 0. The number of rotatable bonds is 6. The van der Waals surface area contributed by atoms with E-state index in [1.54, 1.807) is 21.5 Å². The van der Waals surface area contributed by atoms with Crippen LogP contribution in [0.3, 0.4) is 0 Å². The van der Waals surface area contributed by atoms with Crippen molar-refractivity contribution in [3.8, 4) is 11.3 Å². The smallest absolute Gasteiger partial charge is 0.307 e. The number of fused-ring (bicyclic) bond motifs is 1. The van der Waals surface area contributed by atoms with E-state index in [1.165, 1.54) is 0 Å². The number of benzene rings is 2. The monoisotopic (exact) mass is 425 g/mol. The number of aromatic nitrogens is 6. The van der Waals surface area contributed by atoms with Crippen LogP contribution in [0.5, 0.6) is 0 Å². The van der Waals surface area contributed by atoms with Gasteiger partial charge >= 0.3 is 6.03 Å². The zero-order chi connectivity index (χ0) is 21.8. The van der Waals surface area contributed by atoms with Gasteiger partial charge in [-0.1, -0.05) is 53.7 Å². The van der Waals surface area contributed by atoms with Crippen LogP contribution in [0.4, 0.5) is 16.4 Å². The summed E-state index contributed by atoms with van der Waals surface area (Å²) in [5, 5.41) is 15.4. The lowest BCUT2D eigenvalue weighted by Crippen LogP contribution is -2.34. The van der Waals surface area contributed by atoms with Crippen LogP contribution in [0.15, 0.2) is 85.2 Å². The summed E-state index contributed by atoms with van der Waals surface area (Å²) in [5.41, 5.74) is 9.22. The highest BCUT2D eigenvalue weighted by atomic mass is 16.2. The molecule has 10 heteroatoms. The molecule has 0 aliphatic carbocycles. The number of nitrogens with one attached hydrogen (secondary N) is 3. The minimum atomic E-state index is -0.450. The predicted octanol–water partition coefficient (Wildman–Crippen LogP) is 3.18. The minimum Gasteiger partial charge on any atom is -0.307 e. The molecule has 5 rings (SSSR count). The van der Waals surface area contributed by atoms with Gasteiger partial charge in [0.1, 0.15) is 5.69 Å². The molecule has 3 aromatic heterocycles. The van der Waals surface area contributed by atoms with Crippen molar-refractivity contribution in [1.29, 1.82) is 0 Å². The number of urea groups is 1. The van der Waals surface area contributed by atoms with Crippen molar-refractivity contribution in [2.24, 2.45) is 0 Å². The predicted molar refractivity (Wildman–Crippen MR) is 120 cm³/mol. The maximum Gasteiger partial charge on any atom is 0.337 e. The number of hydrazine groups is 1. The van der Waals surface area contributed by atoms with Crippen molar-refractivity contribution in [2.45, 2.75) is 6.54 Å². The van der Waals surface area contributed by atoms with Crippen molar-refractivity contribution >= 4 is 23.3 Å². The number of anilines is 2. The molecule has 0 radical (unpaired) electrons. The molecule has 0 bridgehead atoms. The Bertz CT molecular complexity index is 1330. The zero-order valence-electron chi connectivity index (χ0n) is 16.9. The first-order valence-corrected chi connectivity index (χ1v) is 9.92. The summed E-state index contributed by atoms with van der Waals surface area (Å²) < 4.78 is 3.39. The van der Waals surface area contributed by atoms with Crippen molar-refractivity contribution in [3.63, 3.8) is 0 Å². The number of carbonyl (C=O) groups excluding carboxylic acids is 1. The Morgan fingerprint density at radius 2 is 1.84 bits per heavy atom. The third-order valence-electron chi connectivity index (χ3n) is 4.67. The molecule has 3 heterocycles. The lowest BCUT2D eigenvalue weighted by atomic mass is 10.1. The molecule has 2 aromatic carbocycles. The third-order valence-corrected chi connectivity index (χ3v) is 4.67. The Morgan fingerprint density at radius 3 is 2.72 bits per heavy atom. The molecule has 32 heavy (non-hydrogen) atoms. The van der Waals surface area contributed by atoms with Crippen LogP contribution in [-0.2, 0) is 6.54 Å². The van der Waals surface area contributed by atoms with Gasteiger partial charge in [-0.05, 0) is 29.8 Å². The first-order chi connectivity index (χ1) is 15.7. The molecule has 3 N–H and O–H groups in total. The standard InChI is InChI=1S/C22H19N9O/c32-22(27-26-21-24-20-11-4-5-12-31(20)28-21)23-18-10-6-9-17(13-18)19-15-30(29-25-19)14-16-7-2-1-3-8-16/h1-13,15H,14H2,(H,26,28)(H2,23,27,32). The second-order valence-electron chi connectivity index (χ2n) is 7.01. The van der Waals surface area contributed by atoms with E-state index in [2.05, 4.69) is 36.6 Å². The Labute approximate surface area is 182 Å². The van der Waals surface area contributed by atoms with E-state index in [-0.39, 0.29) is 5.95 Å². The maximum absolute atomic E-state index is 12.3. The molecule has 10 nitrogen and oxygen atoms in total. The highest BCUT2D eigenvalue weighted by molar-refractivity contribution is 5.90. The molecule has 0 atom stereocenters. The Balaban J connectivity index is 1.21. The van der Waals surface area contributed by atoms with Gasteiger partial charge in [-0.2, -0.15) is 4.98 Å². The van der Waals surface area contributed by atoms with Gasteiger partial charge < -0.3 is 5.32 Å². The van der Waals surface area contributed by atoms with E-state index >= 15 is 0 Å². The summed E-state index contributed by atoms with van der Waals surface area (Å²) >= 11 is 0. The summed E-state index contributed by atoms with van der Waals surface area (Å²) in [5.74, 6) is 0.287. The van der Waals surface area contributed by atoms with E-state index in [1.807, 2.05) is 72.9 Å². The molecule has 2 amide bonds. The number of hydrogen-bond acceptors (Lipinski definition) is 6. The fourth-order valence-corrected chi connectivity index (χ4v) is 3.19. The van der Waals surface area contributed by atoms with E-state index in [9.17, 15) is 4.79 Å². The Morgan fingerprint density at radius 1 is 0.969 bits per heavy atom. The van der Waals surface area contributed by atoms with Crippen molar-refractivity contribution < 1.29 is 4.79 Å². The lowest BCUT2D eigenvalue weighted by molar-refractivity contribution is 0.253. The van der Waals surface area contributed by atoms with Crippen LogP contribution >= 0.6 is 0 Å². The quantitative estimate of drug-likeness (QED) is 0.360. The average molecular weight is 425 g/mol. The number of carbonyl (C=O) groups is 1. The van der Waals surface area contributed by atoms with Gasteiger partial charge in [0, 0.05) is 17.4 Å². The SMILES string of the molecule is O=C(NNc1nc2ccccn2n1)Nc1cccc(-c2cn(Cc3ccccc3)nn2)c1. The molecule has 0 unspecified atom stereocenters.